The maximum absolute atomic E-state index is 13.3. The van der Waals surface area contributed by atoms with Crippen LogP contribution in [-0.4, -0.2) is 71.5 Å². The molecule has 3 amide bonds. The second kappa shape index (κ2) is 14.3. The summed E-state index contributed by atoms with van der Waals surface area (Å²) in [6, 6.07) is -0.701. The lowest BCUT2D eigenvalue weighted by atomic mass is 9.88. The molecule has 0 aromatic carbocycles. The van der Waals surface area contributed by atoms with Gasteiger partial charge in [0.05, 0.1) is 0 Å². The molecule has 1 saturated heterocycles. The van der Waals surface area contributed by atoms with Crippen molar-refractivity contribution >= 4 is 17.7 Å². The van der Waals surface area contributed by atoms with Gasteiger partial charge in [-0.05, 0) is 20.3 Å². The Balaban J connectivity index is 2.81. The first-order chi connectivity index (χ1) is 14.0. The molecule has 0 unspecified atom stereocenters. The minimum absolute atomic E-state index is 0.0475. The minimum atomic E-state index is -0.576. The van der Waals surface area contributed by atoms with Crippen LogP contribution >= 0.6 is 0 Å². The molecular weight excluding hydrogens is 372 g/mol. The lowest BCUT2D eigenvalue weighted by molar-refractivity contribution is -0.136. The number of hydrogen-bond donors (Lipinski definition) is 3. The van der Waals surface area contributed by atoms with Crippen LogP contribution in [0.1, 0.15) is 72.1 Å². The average molecular weight is 413 g/mol. The van der Waals surface area contributed by atoms with Gasteiger partial charge in [0.2, 0.25) is 5.91 Å². The fourth-order valence-electron chi connectivity index (χ4n) is 3.92. The van der Waals surface area contributed by atoms with Crippen LogP contribution in [0.5, 0.6) is 0 Å². The number of nitrogens with zero attached hydrogens (tertiary/aromatic N) is 2. The summed E-state index contributed by atoms with van der Waals surface area (Å²) in [6.45, 7) is 8.73. The summed E-state index contributed by atoms with van der Waals surface area (Å²) in [4.78, 5) is 41.4. The van der Waals surface area contributed by atoms with Gasteiger partial charge in [-0.25, -0.2) is 10.3 Å². The quantitative estimate of drug-likeness (QED) is 0.245. The van der Waals surface area contributed by atoms with Crippen molar-refractivity contribution in [3.63, 3.8) is 0 Å². The van der Waals surface area contributed by atoms with E-state index in [0.29, 0.717) is 39.1 Å². The van der Waals surface area contributed by atoms with E-state index in [2.05, 4.69) is 12.2 Å². The summed E-state index contributed by atoms with van der Waals surface area (Å²) in [5.41, 5.74) is 1.65. The number of carbonyl (C=O) groups is 3. The normalized spacial score (nSPS) is 17.7. The van der Waals surface area contributed by atoms with Crippen molar-refractivity contribution in [1.29, 1.82) is 0 Å². The Labute approximate surface area is 175 Å². The molecule has 1 aliphatic heterocycles. The number of unbranched alkanes of at least 4 members (excludes halogenated alkanes) is 5. The average Bonchev–Trinajstić information content (AvgIpc) is 2.75. The number of amides is 3. The zero-order valence-electron chi connectivity index (χ0n) is 18.4. The number of urea groups is 1. The van der Waals surface area contributed by atoms with Gasteiger partial charge in [0.1, 0.15) is 6.04 Å². The predicted molar refractivity (Wildman–Crippen MR) is 113 cm³/mol. The van der Waals surface area contributed by atoms with Crippen molar-refractivity contribution in [2.45, 2.75) is 78.2 Å². The van der Waals surface area contributed by atoms with E-state index in [1.54, 1.807) is 15.3 Å². The van der Waals surface area contributed by atoms with Crippen molar-refractivity contribution in [3.05, 3.63) is 0 Å². The molecule has 8 nitrogen and oxygen atoms in total. The Bertz CT molecular complexity index is 511. The molecule has 1 rings (SSSR count). The zero-order chi connectivity index (χ0) is 21.6. The van der Waals surface area contributed by atoms with Crippen LogP contribution in [0, 0.1) is 5.92 Å². The van der Waals surface area contributed by atoms with Crippen LogP contribution in [0.4, 0.5) is 4.79 Å². The number of rotatable bonds is 13. The molecule has 0 aromatic rings. The molecule has 1 aliphatic rings. The topological polar surface area (TPSA) is 102 Å². The maximum Gasteiger partial charge on any atom is 0.320 e. The molecule has 168 valence electrons. The summed E-state index contributed by atoms with van der Waals surface area (Å²) < 4.78 is 0. The van der Waals surface area contributed by atoms with Crippen molar-refractivity contribution in [3.8, 4) is 0 Å². The molecule has 2 atom stereocenters. The second-order valence-electron chi connectivity index (χ2n) is 7.76. The van der Waals surface area contributed by atoms with Gasteiger partial charge in [-0.2, -0.15) is 0 Å². The van der Waals surface area contributed by atoms with Crippen LogP contribution in [0.15, 0.2) is 0 Å². The number of hydroxylamine groups is 1. The van der Waals surface area contributed by atoms with E-state index in [1.807, 2.05) is 13.8 Å². The van der Waals surface area contributed by atoms with E-state index in [-0.39, 0.29) is 18.2 Å². The van der Waals surface area contributed by atoms with E-state index in [9.17, 15) is 14.4 Å². The molecule has 0 aromatic heterocycles. The standard InChI is InChI=1S/C21H40N4O4/c1-4-7-8-9-10-11-12-17(15-19(26)23-29)20(27)18-16-22-13-14-25(18)21(28)24(5-2)6-3/h17-18,22,29H,4-16H2,1-3H3,(H,23,26)/t17-,18+/m1/s1. The summed E-state index contributed by atoms with van der Waals surface area (Å²) in [5, 5.41) is 12.1. The van der Waals surface area contributed by atoms with Crippen LogP contribution in [0.3, 0.4) is 0 Å². The third-order valence-corrected chi connectivity index (χ3v) is 5.72. The second-order valence-corrected chi connectivity index (χ2v) is 7.76. The molecular formula is C21H40N4O4. The lowest BCUT2D eigenvalue weighted by Crippen LogP contribution is -2.61. The summed E-state index contributed by atoms with van der Waals surface area (Å²) in [6.07, 6.45) is 7.15. The highest BCUT2D eigenvalue weighted by atomic mass is 16.5. The highest BCUT2D eigenvalue weighted by Gasteiger charge is 2.37. The number of carbonyl (C=O) groups excluding carboxylic acids is 3. The van der Waals surface area contributed by atoms with Gasteiger partial charge in [0, 0.05) is 45.1 Å². The molecule has 0 aliphatic carbocycles. The van der Waals surface area contributed by atoms with Crippen molar-refractivity contribution in [2.75, 3.05) is 32.7 Å². The van der Waals surface area contributed by atoms with E-state index in [4.69, 9.17) is 5.21 Å². The Morgan fingerprint density at radius 2 is 1.76 bits per heavy atom. The predicted octanol–water partition coefficient (Wildman–Crippen LogP) is 2.55. The summed E-state index contributed by atoms with van der Waals surface area (Å²) in [5.74, 6) is -1.14. The van der Waals surface area contributed by atoms with Gasteiger partial charge in [-0.15, -0.1) is 0 Å². The molecule has 0 bridgehead atoms. The van der Waals surface area contributed by atoms with Crippen LogP contribution in [0.25, 0.3) is 0 Å². The first kappa shape index (κ1) is 25.4. The van der Waals surface area contributed by atoms with Gasteiger partial charge in [0.25, 0.3) is 0 Å². The molecule has 29 heavy (non-hydrogen) atoms. The van der Waals surface area contributed by atoms with Crippen LogP contribution in [0.2, 0.25) is 0 Å². The third kappa shape index (κ3) is 8.30. The first-order valence-electron chi connectivity index (χ1n) is 11.2. The first-order valence-corrected chi connectivity index (χ1v) is 11.2. The molecule has 1 heterocycles. The van der Waals surface area contributed by atoms with E-state index in [0.717, 1.165) is 19.3 Å². The Hall–Kier alpha value is -1.67. The van der Waals surface area contributed by atoms with E-state index in [1.165, 1.54) is 19.3 Å². The molecule has 8 heteroatoms. The number of piperazine rings is 1. The van der Waals surface area contributed by atoms with Crippen molar-refractivity contribution < 1.29 is 19.6 Å². The Morgan fingerprint density at radius 3 is 2.38 bits per heavy atom. The van der Waals surface area contributed by atoms with Gasteiger partial charge in [0.15, 0.2) is 5.78 Å². The van der Waals surface area contributed by atoms with E-state index < -0.39 is 17.9 Å². The Morgan fingerprint density at radius 1 is 1.10 bits per heavy atom. The third-order valence-electron chi connectivity index (χ3n) is 5.72. The van der Waals surface area contributed by atoms with Gasteiger partial charge >= 0.3 is 6.03 Å². The van der Waals surface area contributed by atoms with Gasteiger partial charge in [-0.3, -0.25) is 14.8 Å². The molecule has 1 fully saturated rings. The minimum Gasteiger partial charge on any atom is -0.325 e. The number of nitrogens with one attached hydrogen (secondary N) is 2. The summed E-state index contributed by atoms with van der Waals surface area (Å²) >= 11 is 0. The largest absolute Gasteiger partial charge is 0.325 e. The number of hydrogen-bond acceptors (Lipinski definition) is 5. The summed E-state index contributed by atoms with van der Waals surface area (Å²) in [7, 11) is 0. The van der Waals surface area contributed by atoms with E-state index >= 15 is 0 Å². The van der Waals surface area contributed by atoms with Crippen LogP contribution < -0.4 is 10.8 Å². The number of Topliss-reactive ketones (excluding diaryl/α,β-unsaturated/α-hetero) is 1. The fraction of sp³-hybridized carbons (Fsp3) is 0.857. The highest BCUT2D eigenvalue weighted by Crippen LogP contribution is 2.21. The fourth-order valence-corrected chi connectivity index (χ4v) is 3.92. The maximum atomic E-state index is 13.3. The van der Waals surface area contributed by atoms with Crippen molar-refractivity contribution in [2.24, 2.45) is 5.92 Å². The molecule has 0 spiro atoms. The molecule has 0 saturated carbocycles. The Kier molecular flexibility index (Phi) is 12.5. The monoisotopic (exact) mass is 412 g/mol. The molecule has 0 radical (unpaired) electrons. The lowest BCUT2D eigenvalue weighted by Gasteiger charge is -2.39. The highest BCUT2D eigenvalue weighted by molar-refractivity contribution is 5.93. The van der Waals surface area contributed by atoms with Gasteiger partial charge < -0.3 is 15.1 Å². The van der Waals surface area contributed by atoms with Crippen LogP contribution in [-0.2, 0) is 9.59 Å². The number of ketones is 1. The van der Waals surface area contributed by atoms with Crippen molar-refractivity contribution in [1.82, 2.24) is 20.6 Å². The van der Waals surface area contributed by atoms with Gasteiger partial charge in [-0.1, -0.05) is 45.4 Å². The zero-order valence-corrected chi connectivity index (χ0v) is 18.4. The molecule has 3 N–H and O–H groups in total. The SMILES string of the molecule is CCCCCCCC[C@H](CC(=O)NO)C(=O)[C@@H]1CNCCN1C(=O)N(CC)CC. The smallest absolute Gasteiger partial charge is 0.320 e.